The first kappa shape index (κ1) is 22.3. The summed E-state index contributed by atoms with van der Waals surface area (Å²) in [5, 5.41) is 10.0. The van der Waals surface area contributed by atoms with E-state index < -0.39 is 24.5 Å². The van der Waals surface area contributed by atoms with Gasteiger partial charge in [0.1, 0.15) is 0 Å². The Bertz CT molecular complexity index is 1150. The number of alkyl halides is 3. The summed E-state index contributed by atoms with van der Waals surface area (Å²) in [6, 6.07) is 7.75. The number of aliphatic carboxylic acids is 1. The molecule has 2 aromatic heterocycles. The average molecular weight is 445 g/mol. The van der Waals surface area contributed by atoms with Gasteiger partial charge in [0.2, 0.25) is 5.78 Å². The van der Waals surface area contributed by atoms with Crippen LogP contribution in [0.3, 0.4) is 0 Å². The van der Waals surface area contributed by atoms with Gasteiger partial charge in [0.05, 0.1) is 17.3 Å². The molecule has 170 valence electrons. The van der Waals surface area contributed by atoms with Crippen molar-refractivity contribution in [3.63, 3.8) is 0 Å². The molecule has 0 saturated heterocycles. The van der Waals surface area contributed by atoms with Crippen molar-refractivity contribution in [2.24, 2.45) is 0 Å². The molecule has 0 radical (unpaired) electrons. The lowest BCUT2D eigenvalue weighted by Gasteiger charge is -2.22. The van der Waals surface area contributed by atoms with Gasteiger partial charge in [0, 0.05) is 23.4 Å². The number of nitrogens with zero attached hydrogens (tertiary/aromatic N) is 3. The zero-order valence-electron chi connectivity index (χ0n) is 18.2. The van der Waals surface area contributed by atoms with E-state index in [0.29, 0.717) is 22.7 Å². The van der Waals surface area contributed by atoms with Crippen molar-refractivity contribution in [2.75, 3.05) is 0 Å². The van der Waals surface area contributed by atoms with Gasteiger partial charge in [-0.2, -0.15) is 13.2 Å². The third-order valence-electron chi connectivity index (χ3n) is 6.18. The Hall–Kier alpha value is -2.90. The molecule has 32 heavy (non-hydrogen) atoms. The number of benzene rings is 1. The number of imidazole rings is 1. The summed E-state index contributed by atoms with van der Waals surface area (Å²) in [6.45, 7) is 3.69. The lowest BCUT2D eigenvalue weighted by atomic mass is 9.88. The number of aromatic nitrogens is 3. The molecule has 5 nitrogen and oxygen atoms in total. The number of hydrogen-bond donors (Lipinski definition) is 1. The molecule has 0 fully saturated rings. The van der Waals surface area contributed by atoms with Crippen LogP contribution in [-0.2, 0) is 17.6 Å². The lowest BCUT2D eigenvalue weighted by Crippen LogP contribution is -2.19. The highest BCUT2D eigenvalue weighted by Crippen LogP contribution is 2.38. The van der Waals surface area contributed by atoms with Gasteiger partial charge in [0.25, 0.3) is 0 Å². The van der Waals surface area contributed by atoms with E-state index in [0.717, 1.165) is 48.2 Å². The Balaban J connectivity index is 1.94. The van der Waals surface area contributed by atoms with Gasteiger partial charge >= 0.3 is 12.1 Å². The van der Waals surface area contributed by atoms with Crippen molar-refractivity contribution < 1.29 is 23.1 Å². The minimum atomic E-state index is -4.32. The van der Waals surface area contributed by atoms with E-state index in [1.54, 1.807) is 6.92 Å². The molecule has 8 heteroatoms. The molecule has 1 aliphatic rings. The number of carboxylic acid groups (broad SMARTS) is 1. The van der Waals surface area contributed by atoms with Gasteiger partial charge in [-0.25, -0.2) is 9.97 Å². The summed E-state index contributed by atoms with van der Waals surface area (Å²) < 4.78 is 40.2. The van der Waals surface area contributed by atoms with E-state index in [1.807, 2.05) is 35.6 Å². The molecular formula is C24H26F3N3O2. The van der Waals surface area contributed by atoms with Gasteiger partial charge in [0.15, 0.2) is 0 Å². The molecule has 1 aliphatic carbocycles. The van der Waals surface area contributed by atoms with Crippen molar-refractivity contribution in [3.8, 4) is 11.3 Å². The number of carbonyl (C=O) groups is 1. The minimum Gasteiger partial charge on any atom is -0.481 e. The summed E-state index contributed by atoms with van der Waals surface area (Å²) >= 11 is 0. The molecule has 0 spiro atoms. The summed E-state index contributed by atoms with van der Waals surface area (Å²) in [6.07, 6.45) is -2.00. The van der Waals surface area contributed by atoms with Crippen LogP contribution in [0.1, 0.15) is 66.2 Å². The van der Waals surface area contributed by atoms with Crippen LogP contribution in [-0.4, -0.2) is 31.6 Å². The first-order valence-electron chi connectivity index (χ1n) is 10.9. The molecule has 0 amide bonds. The SMILES string of the molecule is Cc1ccc(-c2c(C(CCCC(F)(F)F)C(=O)O)c(C)nc3nc4c(n23)CCCC4)cc1. The zero-order chi connectivity index (χ0) is 23.0. The molecule has 0 saturated carbocycles. The number of carboxylic acids is 1. The maximum Gasteiger partial charge on any atom is 0.389 e. The van der Waals surface area contributed by atoms with Gasteiger partial charge in [-0.05, 0) is 57.9 Å². The fraction of sp³-hybridized carbons (Fsp3) is 0.458. The number of fused-ring (bicyclic) bond motifs is 3. The van der Waals surface area contributed by atoms with Crippen molar-refractivity contribution in [1.82, 2.24) is 14.4 Å². The largest absolute Gasteiger partial charge is 0.481 e. The fourth-order valence-electron chi connectivity index (χ4n) is 4.65. The summed E-state index contributed by atoms with van der Waals surface area (Å²) in [4.78, 5) is 21.6. The predicted molar refractivity (Wildman–Crippen MR) is 115 cm³/mol. The highest BCUT2D eigenvalue weighted by molar-refractivity contribution is 5.81. The van der Waals surface area contributed by atoms with Crippen molar-refractivity contribution in [2.45, 2.75) is 70.9 Å². The first-order valence-corrected chi connectivity index (χ1v) is 10.9. The van der Waals surface area contributed by atoms with Crippen LogP contribution >= 0.6 is 0 Å². The lowest BCUT2D eigenvalue weighted by molar-refractivity contribution is -0.142. The molecule has 1 unspecified atom stereocenters. The van der Waals surface area contributed by atoms with E-state index in [2.05, 4.69) is 4.98 Å². The quantitative estimate of drug-likeness (QED) is 0.521. The second-order valence-electron chi connectivity index (χ2n) is 8.57. The maximum atomic E-state index is 12.8. The second kappa shape index (κ2) is 8.56. The highest BCUT2D eigenvalue weighted by atomic mass is 19.4. The topological polar surface area (TPSA) is 67.5 Å². The Morgan fingerprint density at radius 2 is 1.81 bits per heavy atom. The third kappa shape index (κ3) is 4.36. The van der Waals surface area contributed by atoms with Gasteiger partial charge in [-0.3, -0.25) is 9.20 Å². The number of rotatable bonds is 6. The van der Waals surface area contributed by atoms with Crippen molar-refractivity contribution in [3.05, 3.63) is 52.5 Å². The first-order chi connectivity index (χ1) is 15.2. The van der Waals surface area contributed by atoms with Gasteiger partial charge < -0.3 is 5.11 Å². The van der Waals surface area contributed by atoms with Crippen LogP contribution in [0.25, 0.3) is 17.0 Å². The van der Waals surface area contributed by atoms with Gasteiger partial charge in [-0.15, -0.1) is 0 Å². The van der Waals surface area contributed by atoms with E-state index in [-0.39, 0.29) is 12.8 Å². The van der Waals surface area contributed by atoms with Crippen LogP contribution in [0.2, 0.25) is 0 Å². The number of halogens is 3. The molecule has 1 aromatic carbocycles. The van der Waals surface area contributed by atoms with Crippen LogP contribution in [0.15, 0.2) is 24.3 Å². The van der Waals surface area contributed by atoms with E-state index in [1.165, 1.54) is 0 Å². The fourth-order valence-corrected chi connectivity index (χ4v) is 4.65. The highest BCUT2D eigenvalue weighted by Gasteiger charge is 2.32. The normalized spacial score (nSPS) is 15.0. The van der Waals surface area contributed by atoms with Crippen LogP contribution < -0.4 is 0 Å². The van der Waals surface area contributed by atoms with E-state index in [4.69, 9.17) is 4.98 Å². The number of hydrogen-bond acceptors (Lipinski definition) is 3. The molecule has 1 atom stereocenters. The zero-order valence-corrected chi connectivity index (χ0v) is 18.2. The Morgan fingerprint density at radius 1 is 1.12 bits per heavy atom. The van der Waals surface area contributed by atoms with Gasteiger partial charge in [-0.1, -0.05) is 29.8 Å². The smallest absolute Gasteiger partial charge is 0.389 e. The van der Waals surface area contributed by atoms with E-state index in [9.17, 15) is 23.1 Å². The summed E-state index contributed by atoms with van der Waals surface area (Å²) in [5.74, 6) is -1.71. The molecule has 0 aliphatic heterocycles. The minimum absolute atomic E-state index is 0.112. The standard InChI is InChI=1S/C24H26F3N3O2/c1-14-9-11-16(12-10-14)21-20(17(22(31)32)6-5-13-24(25,26)27)15(2)28-23-29-18-7-3-4-8-19(18)30(21)23/h9-12,17H,3-8,13H2,1-2H3,(H,31,32). The monoisotopic (exact) mass is 445 g/mol. The van der Waals surface area contributed by atoms with Crippen LogP contribution in [0.4, 0.5) is 13.2 Å². The van der Waals surface area contributed by atoms with E-state index >= 15 is 0 Å². The van der Waals surface area contributed by atoms with Crippen molar-refractivity contribution in [1.29, 1.82) is 0 Å². The molecule has 2 heterocycles. The summed E-state index contributed by atoms with van der Waals surface area (Å²) in [7, 11) is 0. The Labute approximate surface area is 184 Å². The van der Waals surface area contributed by atoms with Crippen LogP contribution in [0, 0.1) is 13.8 Å². The molecule has 0 bridgehead atoms. The molecule has 1 N–H and O–H groups in total. The average Bonchev–Trinajstić information content (AvgIpc) is 3.08. The maximum absolute atomic E-state index is 12.8. The predicted octanol–water partition coefficient (Wildman–Crippen LogP) is 5.79. The van der Waals surface area contributed by atoms with Crippen LogP contribution in [0.5, 0.6) is 0 Å². The Morgan fingerprint density at radius 3 is 2.47 bits per heavy atom. The second-order valence-corrected chi connectivity index (χ2v) is 8.57. The molecular weight excluding hydrogens is 419 g/mol. The summed E-state index contributed by atoms with van der Waals surface area (Å²) in [5.41, 5.74) is 5.52. The molecule has 4 rings (SSSR count). The molecule has 3 aromatic rings. The Kier molecular flexibility index (Phi) is 5.97. The number of aryl methyl sites for hydroxylation is 4. The third-order valence-corrected chi connectivity index (χ3v) is 6.18. The van der Waals surface area contributed by atoms with Crippen molar-refractivity contribution >= 4 is 11.7 Å².